The summed E-state index contributed by atoms with van der Waals surface area (Å²) in [4.78, 5) is 25.9. The molecule has 1 atom stereocenters. The van der Waals surface area contributed by atoms with E-state index in [-0.39, 0.29) is 36.4 Å². The number of anilines is 3. The fraction of sp³-hybridized carbons (Fsp3) is 0.474. The van der Waals surface area contributed by atoms with Crippen molar-refractivity contribution in [3.8, 4) is 0 Å². The van der Waals surface area contributed by atoms with E-state index in [0.29, 0.717) is 6.42 Å². The first kappa shape index (κ1) is 23.0. The highest BCUT2D eigenvalue weighted by molar-refractivity contribution is 5.79. The summed E-state index contributed by atoms with van der Waals surface area (Å²) >= 11 is 0. The van der Waals surface area contributed by atoms with Gasteiger partial charge in [-0.1, -0.05) is 0 Å². The van der Waals surface area contributed by atoms with Gasteiger partial charge in [-0.2, -0.15) is 26.9 Å². The number of hydrogen-bond acceptors (Lipinski definition) is 6. The molecule has 2 aliphatic heterocycles. The fourth-order valence-electron chi connectivity index (χ4n) is 3.67. The minimum Gasteiger partial charge on any atom is -0.337 e. The minimum atomic E-state index is -4.60. The molecule has 2 aromatic rings. The van der Waals surface area contributed by atoms with Gasteiger partial charge in [0.1, 0.15) is 11.6 Å². The third-order valence-electron chi connectivity index (χ3n) is 5.31. The van der Waals surface area contributed by atoms with Crippen LogP contribution >= 0.6 is 0 Å². The number of carbonyl (C=O) groups excluding carboxylic acids is 1. The summed E-state index contributed by atoms with van der Waals surface area (Å²) in [5, 5.41) is 2.62. The summed E-state index contributed by atoms with van der Waals surface area (Å²) in [6.45, 7) is -1.28. The van der Waals surface area contributed by atoms with Gasteiger partial charge in [-0.25, -0.2) is 18.7 Å². The van der Waals surface area contributed by atoms with Crippen LogP contribution in [0.3, 0.4) is 0 Å². The molecule has 0 radical (unpaired) electrons. The van der Waals surface area contributed by atoms with Crippen LogP contribution in [0.5, 0.6) is 0 Å². The molecule has 7 nitrogen and oxygen atoms in total. The third-order valence-corrected chi connectivity index (χ3v) is 5.31. The van der Waals surface area contributed by atoms with Gasteiger partial charge >= 0.3 is 12.6 Å². The Bertz CT molecular complexity index is 1040. The lowest BCUT2D eigenvalue weighted by atomic mass is 10.0. The summed E-state index contributed by atoms with van der Waals surface area (Å²) in [6, 6.07) is 2.93. The van der Waals surface area contributed by atoms with Crippen molar-refractivity contribution in [2.45, 2.75) is 30.9 Å². The van der Waals surface area contributed by atoms with E-state index >= 15 is 0 Å². The third kappa shape index (κ3) is 5.09. The van der Waals surface area contributed by atoms with Gasteiger partial charge in [0, 0.05) is 31.3 Å². The van der Waals surface area contributed by atoms with Gasteiger partial charge in [-0.3, -0.25) is 4.79 Å². The van der Waals surface area contributed by atoms with Crippen LogP contribution < -0.4 is 10.2 Å². The molecular formula is C19H17F7N6O. The molecule has 2 aliphatic rings. The molecule has 4 rings (SSSR count). The predicted molar refractivity (Wildman–Crippen MR) is 102 cm³/mol. The Labute approximate surface area is 182 Å². The zero-order valence-corrected chi connectivity index (χ0v) is 16.8. The van der Waals surface area contributed by atoms with Crippen LogP contribution in [0.15, 0.2) is 24.4 Å². The van der Waals surface area contributed by atoms with Crippen LogP contribution in [-0.2, 0) is 11.0 Å². The molecule has 178 valence electrons. The van der Waals surface area contributed by atoms with E-state index in [1.165, 1.54) is 11.0 Å². The number of halogens is 7. The first-order valence-corrected chi connectivity index (χ1v) is 9.80. The topological polar surface area (TPSA) is 74.2 Å². The van der Waals surface area contributed by atoms with Crippen molar-refractivity contribution < 1.29 is 35.5 Å². The maximum Gasteiger partial charge on any atom is 0.416 e. The first-order chi connectivity index (χ1) is 15.4. The molecule has 0 spiro atoms. The number of likely N-dealkylation sites (tertiary alicyclic amines) is 1. The Morgan fingerprint density at radius 2 is 1.88 bits per heavy atom. The highest BCUT2D eigenvalue weighted by Crippen LogP contribution is 2.35. The summed E-state index contributed by atoms with van der Waals surface area (Å²) < 4.78 is 91.1. The van der Waals surface area contributed by atoms with Crippen molar-refractivity contribution >= 4 is 23.5 Å². The van der Waals surface area contributed by atoms with Gasteiger partial charge in [0.15, 0.2) is 0 Å². The number of nitrogens with one attached hydrogen (secondary N) is 1. The number of nitrogens with zero attached hydrogens (tertiary/aromatic N) is 5. The normalized spacial score (nSPS) is 20.2. The van der Waals surface area contributed by atoms with Gasteiger partial charge < -0.3 is 15.1 Å². The summed E-state index contributed by atoms with van der Waals surface area (Å²) in [7, 11) is 0. The summed E-state index contributed by atoms with van der Waals surface area (Å²) in [5.74, 6) is -5.01. The van der Waals surface area contributed by atoms with Crippen molar-refractivity contribution in [2.24, 2.45) is 0 Å². The average Bonchev–Trinajstić information content (AvgIpc) is 3.21. The highest BCUT2D eigenvalue weighted by Gasteiger charge is 2.45. The van der Waals surface area contributed by atoms with E-state index in [1.807, 2.05) is 0 Å². The summed E-state index contributed by atoms with van der Waals surface area (Å²) in [5.41, 5.74) is -0.664. The monoisotopic (exact) mass is 478 g/mol. The molecule has 0 bridgehead atoms. The second-order valence-corrected chi connectivity index (χ2v) is 7.81. The standard InChI is InChI=1S/C19H17F7N6O/c20-15(21)16(33)31-4-2-10(7-31)12-6-14(30-17(28-12)32-8-18(22,23)9-32)29-13-5-11(1-3-27-13)19(24,25)26/h1,3,5-6,10,15H,2,4,7-9H2,(H,27,28,29,30). The molecule has 2 saturated heterocycles. The van der Waals surface area contributed by atoms with E-state index in [0.717, 1.165) is 23.2 Å². The maximum atomic E-state index is 13.4. The molecule has 0 aromatic carbocycles. The first-order valence-electron chi connectivity index (χ1n) is 9.80. The number of alkyl halides is 7. The van der Waals surface area contributed by atoms with Gasteiger partial charge in [-0.05, 0) is 18.6 Å². The van der Waals surface area contributed by atoms with Gasteiger partial charge in [0.2, 0.25) is 5.95 Å². The average molecular weight is 478 g/mol. The van der Waals surface area contributed by atoms with E-state index < -0.39 is 49.0 Å². The smallest absolute Gasteiger partial charge is 0.337 e. The highest BCUT2D eigenvalue weighted by atomic mass is 19.4. The van der Waals surface area contributed by atoms with E-state index in [4.69, 9.17) is 0 Å². The Hall–Kier alpha value is -3.19. The molecule has 14 heteroatoms. The Balaban J connectivity index is 1.61. The van der Waals surface area contributed by atoms with E-state index in [9.17, 15) is 35.5 Å². The number of pyridine rings is 1. The Morgan fingerprint density at radius 3 is 2.52 bits per heavy atom. The molecule has 2 aromatic heterocycles. The number of rotatable bonds is 5. The van der Waals surface area contributed by atoms with Crippen LogP contribution in [0.2, 0.25) is 0 Å². The number of hydrogen-bond donors (Lipinski definition) is 1. The maximum absolute atomic E-state index is 13.4. The van der Waals surface area contributed by atoms with Gasteiger partial charge in [0.25, 0.3) is 11.8 Å². The molecule has 33 heavy (non-hydrogen) atoms. The van der Waals surface area contributed by atoms with Crippen molar-refractivity contribution in [1.29, 1.82) is 0 Å². The molecule has 2 fully saturated rings. The van der Waals surface area contributed by atoms with Crippen molar-refractivity contribution in [3.05, 3.63) is 35.7 Å². The molecule has 1 N–H and O–H groups in total. The SMILES string of the molecule is O=C(C(F)F)N1CCC(c2cc(Nc3cc(C(F)(F)F)ccn3)nc(N3CC(F)(F)C3)n2)C1. The van der Waals surface area contributed by atoms with Crippen molar-refractivity contribution in [1.82, 2.24) is 19.9 Å². The number of amides is 1. The fourth-order valence-corrected chi connectivity index (χ4v) is 3.67. The van der Waals surface area contributed by atoms with Crippen LogP contribution in [-0.4, -0.2) is 64.3 Å². The van der Waals surface area contributed by atoms with Gasteiger partial charge in [0.05, 0.1) is 24.3 Å². The lowest BCUT2D eigenvalue weighted by molar-refractivity contribution is -0.141. The second-order valence-electron chi connectivity index (χ2n) is 7.81. The molecular weight excluding hydrogens is 461 g/mol. The largest absolute Gasteiger partial charge is 0.416 e. The Kier molecular flexibility index (Phi) is 5.78. The lowest BCUT2D eigenvalue weighted by Crippen LogP contribution is -2.57. The van der Waals surface area contributed by atoms with Gasteiger partial charge in [-0.15, -0.1) is 0 Å². The molecule has 4 heterocycles. The molecule has 0 saturated carbocycles. The number of aromatic nitrogens is 3. The minimum absolute atomic E-state index is 0.00400. The zero-order chi connectivity index (χ0) is 24.0. The lowest BCUT2D eigenvalue weighted by Gasteiger charge is -2.38. The quantitative estimate of drug-likeness (QED) is 0.662. The predicted octanol–water partition coefficient (Wildman–Crippen LogP) is 3.67. The molecule has 0 aliphatic carbocycles. The van der Waals surface area contributed by atoms with Crippen LogP contribution in [0.1, 0.15) is 23.6 Å². The Morgan fingerprint density at radius 1 is 1.15 bits per heavy atom. The van der Waals surface area contributed by atoms with Crippen molar-refractivity contribution in [3.63, 3.8) is 0 Å². The van der Waals surface area contributed by atoms with Crippen molar-refractivity contribution in [2.75, 3.05) is 36.4 Å². The van der Waals surface area contributed by atoms with Crippen LogP contribution in [0, 0.1) is 0 Å². The zero-order valence-electron chi connectivity index (χ0n) is 16.8. The van der Waals surface area contributed by atoms with Crippen LogP contribution in [0.4, 0.5) is 48.3 Å². The summed E-state index contributed by atoms with van der Waals surface area (Å²) in [6.07, 6.45) is -6.51. The molecule has 1 unspecified atom stereocenters. The molecule has 1 amide bonds. The van der Waals surface area contributed by atoms with Crippen LogP contribution in [0.25, 0.3) is 0 Å². The second kappa shape index (κ2) is 8.30. The van der Waals surface area contributed by atoms with E-state index in [1.54, 1.807) is 0 Å². The number of carbonyl (C=O) groups is 1. The van der Waals surface area contributed by atoms with E-state index in [2.05, 4.69) is 20.3 Å².